The third kappa shape index (κ3) is 3.16. The SMILES string of the molecule is COc1c(C)cc(C(N)CCSC)cc1C. The van der Waals surface area contributed by atoms with Crippen LogP contribution in [0.2, 0.25) is 0 Å². The lowest BCUT2D eigenvalue weighted by molar-refractivity contribution is 0.408. The van der Waals surface area contributed by atoms with E-state index in [1.807, 2.05) is 11.8 Å². The lowest BCUT2D eigenvalue weighted by atomic mass is 9.99. The van der Waals surface area contributed by atoms with Crippen molar-refractivity contribution in [2.45, 2.75) is 26.3 Å². The Morgan fingerprint density at radius 3 is 2.31 bits per heavy atom. The van der Waals surface area contributed by atoms with E-state index in [9.17, 15) is 0 Å². The summed E-state index contributed by atoms with van der Waals surface area (Å²) in [5, 5.41) is 0. The average Bonchev–Trinajstić information content (AvgIpc) is 2.25. The molecule has 1 rings (SSSR count). The number of nitrogens with two attached hydrogens (primary N) is 1. The monoisotopic (exact) mass is 239 g/mol. The van der Waals surface area contributed by atoms with E-state index in [1.54, 1.807) is 7.11 Å². The zero-order valence-electron chi connectivity index (χ0n) is 10.5. The van der Waals surface area contributed by atoms with Gasteiger partial charge in [0.05, 0.1) is 7.11 Å². The summed E-state index contributed by atoms with van der Waals surface area (Å²) in [5.74, 6) is 2.08. The van der Waals surface area contributed by atoms with Crippen LogP contribution in [-0.2, 0) is 0 Å². The number of ether oxygens (including phenoxy) is 1. The number of hydrogen-bond donors (Lipinski definition) is 1. The molecule has 2 nitrogen and oxygen atoms in total. The van der Waals surface area contributed by atoms with Crippen LogP contribution in [0.5, 0.6) is 5.75 Å². The fourth-order valence-corrected chi connectivity index (χ4v) is 2.42. The molecule has 0 spiro atoms. The minimum atomic E-state index is 0.135. The first-order chi connectivity index (χ1) is 7.60. The largest absolute Gasteiger partial charge is 0.496 e. The summed E-state index contributed by atoms with van der Waals surface area (Å²) < 4.78 is 5.35. The number of hydrogen-bond acceptors (Lipinski definition) is 3. The highest BCUT2D eigenvalue weighted by Crippen LogP contribution is 2.27. The van der Waals surface area contributed by atoms with Crippen LogP contribution < -0.4 is 10.5 Å². The molecule has 0 fully saturated rings. The first-order valence-corrected chi connectivity index (χ1v) is 6.89. The maximum Gasteiger partial charge on any atom is 0.124 e. The highest BCUT2D eigenvalue weighted by atomic mass is 32.2. The first kappa shape index (κ1) is 13.4. The molecular weight excluding hydrogens is 218 g/mol. The maximum atomic E-state index is 6.16. The van der Waals surface area contributed by atoms with Crippen LogP contribution in [0.4, 0.5) is 0 Å². The molecule has 1 aromatic carbocycles. The number of thioether (sulfide) groups is 1. The van der Waals surface area contributed by atoms with Crippen LogP contribution >= 0.6 is 11.8 Å². The van der Waals surface area contributed by atoms with Crippen LogP contribution in [0.1, 0.15) is 29.2 Å². The lowest BCUT2D eigenvalue weighted by Gasteiger charge is -2.16. The predicted molar refractivity (Wildman–Crippen MR) is 72.4 cm³/mol. The molecule has 0 aromatic heterocycles. The van der Waals surface area contributed by atoms with Gasteiger partial charge >= 0.3 is 0 Å². The van der Waals surface area contributed by atoms with Gasteiger partial charge in [0, 0.05) is 6.04 Å². The Hall–Kier alpha value is -0.670. The minimum absolute atomic E-state index is 0.135. The van der Waals surface area contributed by atoms with Crippen LogP contribution in [0.25, 0.3) is 0 Å². The van der Waals surface area contributed by atoms with Gasteiger partial charge in [0.2, 0.25) is 0 Å². The van der Waals surface area contributed by atoms with E-state index in [4.69, 9.17) is 10.5 Å². The second-order valence-electron chi connectivity index (χ2n) is 4.08. The smallest absolute Gasteiger partial charge is 0.124 e. The van der Waals surface area contributed by atoms with Crippen LogP contribution in [0.3, 0.4) is 0 Å². The van der Waals surface area contributed by atoms with Gasteiger partial charge in [-0.05, 0) is 49.0 Å². The fourth-order valence-electron chi connectivity index (χ4n) is 1.93. The molecule has 0 saturated heterocycles. The van der Waals surface area contributed by atoms with Crippen molar-refractivity contribution in [1.82, 2.24) is 0 Å². The quantitative estimate of drug-likeness (QED) is 0.857. The van der Waals surface area contributed by atoms with Gasteiger partial charge in [0.25, 0.3) is 0 Å². The zero-order valence-corrected chi connectivity index (χ0v) is 11.4. The summed E-state index contributed by atoms with van der Waals surface area (Å²) in [6, 6.07) is 4.41. The third-order valence-electron chi connectivity index (χ3n) is 2.75. The van der Waals surface area contributed by atoms with Gasteiger partial charge in [-0.2, -0.15) is 11.8 Å². The predicted octanol–water partition coefficient (Wildman–Crippen LogP) is 3.06. The summed E-state index contributed by atoms with van der Waals surface area (Å²) in [5.41, 5.74) is 9.70. The molecule has 0 heterocycles. The van der Waals surface area contributed by atoms with Crippen molar-refractivity contribution in [2.75, 3.05) is 19.1 Å². The highest BCUT2D eigenvalue weighted by molar-refractivity contribution is 7.98. The van der Waals surface area contributed by atoms with Gasteiger partial charge < -0.3 is 10.5 Å². The van der Waals surface area contributed by atoms with Crippen molar-refractivity contribution in [2.24, 2.45) is 5.73 Å². The molecular formula is C13H21NOS. The van der Waals surface area contributed by atoms with Gasteiger partial charge in [-0.15, -0.1) is 0 Å². The number of methoxy groups -OCH3 is 1. The minimum Gasteiger partial charge on any atom is -0.496 e. The summed E-state index contributed by atoms with van der Waals surface area (Å²) >= 11 is 1.84. The lowest BCUT2D eigenvalue weighted by Crippen LogP contribution is -2.12. The van der Waals surface area contributed by atoms with Crippen molar-refractivity contribution in [3.8, 4) is 5.75 Å². The second-order valence-corrected chi connectivity index (χ2v) is 5.06. The Kier molecular flexibility index (Phi) is 5.16. The van der Waals surface area contributed by atoms with Gasteiger partial charge in [-0.3, -0.25) is 0 Å². The summed E-state index contributed by atoms with van der Waals surface area (Å²) in [7, 11) is 1.71. The summed E-state index contributed by atoms with van der Waals surface area (Å²) in [6.07, 6.45) is 3.13. The zero-order chi connectivity index (χ0) is 12.1. The normalized spacial score (nSPS) is 12.6. The summed E-state index contributed by atoms with van der Waals surface area (Å²) in [4.78, 5) is 0. The van der Waals surface area contributed by atoms with Crippen molar-refractivity contribution in [3.63, 3.8) is 0 Å². The standard InChI is InChI=1S/C13H21NOS/c1-9-7-11(12(14)5-6-16-4)8-10(2)13(9)15-3/h7-8,12H,5-6,14H2,1-4H3. The van der Waals surface area contributed by atoms with E-state index in [-0.39, 0.29) is 6.04 Å². The molecule has 1 atom stereocenters. The van der Waals surface area contributed by atoms with Gasteiger partial charge in [0.1, 0.15) is 5.75 Å². The van der Waals surface area contributed by atoms with Gasteiger partial charge in [-0.25, -0.2) is 0 Å². The molecule has 0 aliphatic carbocycles. The molecule has 1 unspecified atom stereocenters. The van der Waals surface area contributed by atoms with E-state index < -0.39 is 0 Å². The number of aryl methyl sites for hydroxylation is 2. The molecule has 16 heavy (non-hydrogen) atoms. The Bertz CT molecular complexity index is 329. The van der Waals surface area contributed by atoms with E-state index in [0.29, 0.717) is 0 Å². The molecule has 0 saturated carbocycles. The molecule has 0 amide bonds. The van der Waals surface area contributed by atoms with Gasteiger partial charge in [-0.1, -0.05) is 12.1 Å². The Labute approximate surface area is 103 Å². The molecule has 0 aliphatic heterocycles. The van der Waals surface area contributed by atoms with E-state index in [2.05, 4.69) is 32.2 Å². The molecule has 1 aromatic rings. The van der Waals surface area contributed by atoms with E-state index >= 15 is 0 Å². The molecule has 0 aliphatic rings. The summed E-state index contributed by atoms with van der Waals surface area (Å²) in [6.45, 7) is 4.13. The van der Waals surface area contributed by atoms with Crippen molar-refractivity contribution in [3.05, 3.63) is 28.8 Å². The second kappa shape index (κ2) is 6.16. The molecule has 90 valence electrons. The molecule has 2 N–H and O–H groups in total. The van der Waals surface area contributed by atoms with Crippen LogP contribution in [-0.4, -0.2) is 19.1 Å². The third-order valence-corrected chi connectivity index (χ3v) is 3.39. The van der Waals surface area contributed by atoms with Crippen LogP contribution in [0.15, 0.2) is 12.1 Å². The van der Waals surface area contributed by atoms with Crippen molar-refractivity contribution >= 4 is 11.8 Å². The van der Waals surface area contributed by atoms with E-state index in [0.717, 1.165) is 29.1 Å². The van der Waals surface area contributed by atoms with Crippen molar-refractivity contribution in [1.29, 1.82) is 0 Å². The molecule has 0 radical (unpaired) electrons. The molecule has 0 bridgehead atoms. The Balaban J connectivity index is 2.90. The topological polar surface area (TPSA) is 35.2 Å². The highest BCUT2D eigenvalue weighted by Gasteiger charge is 2.10. The fraction of sp³-hybridized carbons (Fsp3) is 0.538. The average molecular weight is 239 g/mol. The number of rotatable bonds is 5. The maximum absolute atomic E-state index is 6.16. The first-order valence-electron chi connectivity index (χ1n) is 5.49. The van der Waals surface area contributed by atoms with Crippen LogP contribution in [0, 0.1) is 13.8 Å². The van der Waals surface area contributed by atoms with Crippen molar-refractivity contribution < 1.29 is 4.74 Å². The molecule has 3 heteroatoms. The van der Waals surface area contributed by atoms with E-state index in [1.165, 1.54) is 5.56 Å². The Morgan fingerprint density at radius 1 is 1.31 bits per heavy atom. The number of benzene rings is 1. The Morgan fingerprint density at radius 2 is 1.88 bits per heavy atom. The van der Waals surface area contributed by atoms with Gasteiger partial charge in [0.15, 0.2) is 0 Å².